The molecule has 18 heavy (non-hydrogen) atoms. The van der Waals surface area contributed by atoms with Crippen molar-refractivity contribution in [1.29, 1.82) is 0 Å². The average molecular weight is 250 g/mol. The Balaban J connectivity index is 2.49. The van der Waals surface area contributed by atoms with Crippen LogP contribution >= 0.6 is 0 Å². The van der Waals surface area contributed by atoms with Crippen molar-refractivity contribution in [3.05, 3.63) is 29.8 Å². The maximum Gasteiger partial charge on any atom is 0.234 e. The maximum atomic E-state index is 11.5. The highest BCUT2D eigenvalue weighted by Gasteiger charge is 2.08. The van der Waals surface area contributed by atoms with Gasteiger partial charge in [0.1, 0.15) is 5.75 Å². The molecule has 2 N–H and O–H groups in total. The molecule has 1 aromatic carbocycles. The van der Waals surface area contributed by atoms with Crippen LogP contribution in [-0.2, 0) is 4.79 Å². The highest BCUT2D eigenvalue weighted by molar-refractivity contribution is 5.78. The van der Waals surface area contributed by atoms with Crippen molar-refractivity contribution >= 4 is 5.91 Å². The molecule has 0 aromatic heterocycles. The molecule has 1 rings (SSSR count). The van der Waals surface area contributed by atoms with Crippen molar-refractivity contribution < 1.29 is 9.53 Å². The van der Waals surface area contributed by atoms with Crippen LogP contribution in [0.25, 0.3) is 0 Å². The molecule has 0 aliphatic heterocycles. The van der Waals surface area contributed by atoms with E-state index in [0.717, 1.165) is 11.3 Å². The summed E-state index contributed by atoms with van der Waals surface area (Å²) in [6, 6.07) is 8.12. The summed E-state index contributed by atoms with van der Waals surface area (Å²) in [6.07, 6.45) is 0. The fourth-order valence-electron chi connectivity index (χ4n) is 1.65. The lowest BCUT2D eigenvalue weighted by atomic mass is 10.1. The van der Waals surface area contributed by atoms with Crippen LogP contribution in [0, 0.1) is 0 Å². The zero-order chi connectivity index (χ0) is 13.5. The Kier molecular flexibility index (Phi) is 5.65. The van der Waals surface area contributed by atoms with E-state index in [4.69, 9.17) is 4.74 Å². The Morgan fingerprint density at radius 2 is 2.06 bits per heavy atom. The summed E-state index contributed by atoms with van der Waals surface area (Å²) in [5.41, 5.74) is 1.10. The molecule has 0 heterocycles. The molecule has 0 saturated heterocycles. The molecule has 4 nitrogen and oxygen atoms in total. The molecule has 1 atom stereocenters. The summed E-state index contributed by atoms with van der Waals surface area (Å²) in [4.78, 5) is 11.5. The van der Waals surface area contributed by atoms with E-state index in [2.05, 4.69) is 10.6 Å². The first-order chi connectivity index (χ1) is 8.52. The summed E-state index contributed by atoms with van der Waals surface area (Å²) in [5.74, 6) is 0.840. The predicted molar refractivity (Wildman–Crippen MR) is 72.7 cm³/mol. The summed E-state index contributed by atoms with van der Waals surface area (Å²) < 4.78 is 5.18. The van der Waals surface area contributed by atoms with Gasteiger partial charge in [-0.25, -0.2) is 0 Å². The van der Waals surface area contributed by atoms with Gasteiger partial charge >= 0.3 is 0 Å². The van der Waals surface area contributed by atoms with E-state index < -0.39 is 0 Å². The largest absolute Gasteiger partial charge is 0.497 e. The third-order valence-electron chi connectivity index (χ3n) is 2.61. The first-order valence-electron chi connectivity index (χ1n) is 6.19. The van der Waals surface area contributed by atoms with Crippen molar-refractivity contribution in [2.75, 3.05) is 13.7 Å². The summed E-state index contributed by atoms with van der Waals surface area (Å²) in [6.45, 7) is 6.24. The van der Waals surface area contributed by atoms with Crippen molar-refractivity contribution in [2.45, 2.75) is 32.9 Å². The zero-order valence-electron chi connectivity index (χ0n) is 11.5. The van der Waals surface area contributed by atoms with E-state index in [1.807, 2.05) is 45.0 Å². The summed E-state index contributed by atoms with van der Waals surface area (Å²) in [7, 11) is 1.65. The Labute approximate surface area is 109 Å². The molecule has 1 amide bonds. The molecular weight excluding hydrogens is 228 g/mol. The van der Waals surface area contributed by atoms with Gasteiger partial charge in [0.2, 0.25) is 5.91 Å². The molecule has 100 valence electrons. The topological polar surface area (TPSA) is 50.4 Å². The Hall–Kier alpha value is -1.55. The molecule has 1 aromatic rings. The van der Waals surface area contributed by atoms with Crippen molar-refractivity contribution in [3.63, 3.8) is 0 Å². The van der Waals surface area contributed by atoms with Gasteiger partial charge in [0, 0.05) is 12.1 Å². The fraction of sp³-hybridized carbons (Fsp3) is 0.500. The van der Waals surface area contributed by atoms with Gasteiger partial charge in [-0.3, -0.25) is 4.79 Å². The van der Waals surface area contributed by atoms with Crippen LogP contribution in [0.3, 0.4) is 0 Å². The molecule has 0 saturated carbocycles. The third-order valence-corrected chi connectivity index (χ3v) is 2.61. The minimum absolute atomic E-state index is 0.0137. The second-order valence-electron chi connectivity index (χ2n) is 4.60. The van der Waals surface area contributed by atoms with Crippen molar-refractivity contribution in [3.8, 4) is 5.75 Å². The SMILES string of the molecule is COc1cccc([C@@H](C)NCC(=O)NC(C)C)c1. The minimum Gasteiger partial charge on any atom is -0.497 e. The number of rotatable bonds is 6. The van der Waals surface area contributed by atoms with Gasteiger partial charge in [-0.15, -0.1) is 0 Å². The number of carbonyl (C=O) groups is 1. The molecule has 0 aliphatic carbocycles. The van der Waals surface area contributed by atoms with E-state index in [1.165, 1.54) is 0 Å². The highest BCUT2D eigenvalue weighted by atomic mass is 16.5. The fourth-order valence-corrected chi connectivity index (χ4v) is 1.65. The van der Waals surface area contributed by atoms with E-state index in [1.54, 1.807) is 7.11 Å². The normalized spacial score (nSPS) is 12.3. The van der Waals surface area contributed by atoms with Gasteiger partial charge in [0.25, 0.3) is 0 Å². The highest BCUT2D eigenvalue weighted by Crippen LogP contribution is 2.18. The summed E-state index contributed by atoms with van der Waals surface area (Å²) in [5, 5.41) is 6.03. The van der Waals surface area contributed by atoms with E-state index >= 15 is 0 Å². The number of hydrogen-bond donors (Lipinski definition) is 2. The molecule has 0 spiro atoms. The van der Waals surface area contributed by atoms with Crippen LogP contribution in [0.1, 0.15) is 32.4 Å². The first-order valence-corrected chi connectivity index (χ1v) is 6.19. The first kappa shape index (κ1) is 14.5. The Morgan fingerprint density at radius 1 is 1.33 bits per heavy atom. The second-order valence-corrected chi connectivity index (χ2v) is 4.60. The quantitative estimate of drug-likeness (QED) is 0.810. The van der Waals surface area contributed by atoms with Crippen molar-refractivity contribution in [1.82, 2.24) is 10.6 Å². The van der Waals surface area contributed by atoms with Crippen LogP contribution in [0.4, 0.5) is 0 Å². The van der Waals surface area contributed by atoms with Gasteiger partial charge in [0.05, 0.1) is 13.7 Å². The molecule has 0 radical (unpaired) electrons. The number of amides is 1. The molecule has 0 fully saturated rings. The minimum atomic E-state index is 0.0137. The predicted octanol–water partition coefficient (Wildman–Crippen LogP) is 1.87. The van der Waals surface area contributed by atoms with Gasteiger partial charge in [-0.2, -0.15) is 0 Å². The van der Waals surface area contributed by atoms with Gasteiger partial charge in [-0.1, -0.05) is 12.1 Å². The number of ether oxygens (including phenoxy) is 1. The van der Waals surface area contributed by atoms with Gasteiger partial charge < -0.3 is 15.4 Å². The molecule has 0 bridgehead atoms. The van der Waals surface area contributed by atoms with Crippen LogP contribution in [-0.4, -0.2) is 25.6 Å². The van der Waals surface area contributed by atoms with Gasteiger partial charge in [0.15, 0.2) is 0 Å². The van der Waals surface area contributed by atoms with Crippen LogP contribution in [0.5, 0.6) is 5.75 Å². The molecule has 0 unspecified atom stereocenters. The number of carbonyl (C=O) groups excluding carboxylic acids is 1. The standard InChI is InChI=1S/C14H22N2O2/c1-10(2)16-14(17)9-15-11(3)12-6-5-7-13(8-12)18-4/h5-8,10-11,15H,9H2,1-4H3,(H,16,17)/t11-/m1/s1. The van der Waals surface area contributed by atoms with Crippen LogP contribution in [0.15, 0.2) is 24.3 Å². The zero-order valence-corrected chi connectivity index (χ0v) is 11.5. The van der Waals surface area contributed by atoms with Crippen molar-refractivity contribution in [2.24, 2.45) is 0 Å². The van der Waals surface area contributed by atoms with Crippen LogP contribution < -0.4 is 15.4 Å². The number of hydrogen-bond acceptors (Lipinski definition) is 3. The number of benzene rings is 1. The van der Waals surface area contributed by atoms with Gasteiger partial charge in [-0.05, 0) is 38.5 Å². The van der Waals surface area contributed by atoms with E-state index in [9.17, 15) is 4.79 Å². The second kappa shape index (κ2) is 7.01. The van der Waals surface area contributed by atoms with E-state index in [0.29, 0.717) is 6.54 Å². The smallest absolute Gasteiger partial charge is 0.234 e. The lowest BCUT2D eigenvalue weighted by Gasteiger charge is -2.15. The third kappa shape index (κ3) is 4.75. The number of nitrogens with one attached hydrogen (secondary N) is 2. The molecule has 4 heteroatoms. The Bertz CT molecular complexity index is 391. The monoisotopic (exact) mass is 250 g/mol. The number of methoxy groups -OCH3 is 1. The van der Waals surface area contributed by atoms with E-state index in [-0.39, 0.29) is 18.0 Å². The lowest BCUT2D eigenvalue weighted by Crippen LogP contribution is -2.38. The maximum absolute atomic E-state index is 11.5. The summed E-state index contributed by atoms with van der Waals surface area (Å²) >= 11 is 0. The average Bonchev–Trinajstić information content (AvgIpc) is 2.35. The molecular formula is C14H22N2O2. The van der Waals surface area contributed by atoms with Crippen LogP contribution in [0.2, 0.25) is 0 Å². The lowest BCUT2D eigenvalue weighted by molar-refractivity contribution is -0.120. The molecule has 0 aliphatic rings. The Morgan fingerprint density at radius 3 is 2.67 bits per heavy atom.